The first-order chi connectivity index (χ1) is 16.7. The third-order valence-corrected chi connectivity index (χ3v) is 5.41. The Morgan fingerprint density at radius 1 is 0.972 bits per heavy atom. The van der Waals surface area contributed by atoms with E-state index in [-0.39, 0.29) is 22.0 Å². The van der Waals surface area contributed by atoms with E-state index in [1.165, 1.54) is 12.1 Å². The molecule has 2 aromatic heterocycles. The summed E-state index contributed by atoms with van der Waals surface area (Å²) in [7, 11) is 0. The maximum atomic E-state index is 13.6. The van der Waals surface area contributed by atoms with Crippen molar-refractivity contribution >= 4 is 45.7 Å². The number of fused-ring (bicyclic) bond motifs is 1. The average Bonchev–Trinajstić information content (AvgIpc) is 3.16. The number of halogens is 9. The lowest BCUT2D eigenvalue weighted by Gasteiger charge is -2.13. The Balaban J connectivity index is 1.77. The monoisotopic (exact) mass is 550 g/mol. The van der Waals surface area contributed by atoms with Crippen molar-refractivity contribution in [1.82, 2.24) is 14.8 Å². The van der Waals surface area contributed by atoms with Crippen LogP contribution in [0.1, 0.15) is 27.3 Å². The molecular weight excluding hydrogens is 540 g/mol. The molecule has 2 heterocycles. The van der Waals surface area contributed by atoms with E-state index in [2.05, 4.69) is 10.1 Å². The fraction of sp³-hybridized carbons (Fsp3) is 0.136. The highest BCUT2D eigenvalue weighted by atomic mass is 35.5. The first-order valence-corrected chi connectivity index (χ1v) is 10.6. The molecule has 1 amide bonds. The number of benzene rings is 2. The van der Waals surface area contributed by atoms with Crippen molar-refractivity contribution in [2.75, 3.05) is 5.32 Å². The predicted octanol–water partition coefficient (Wildman–Crippen LogP) is 7.22. The molecule has 0 aliphatic heterocycles. The van der Waals surface area contributed by atoms with Gasteiger partial charge in [-0.15, -0.1) is 0 Å². The number of anilines is 1. The van der Waals surface area contributed by atoms with Crippen molar-refractivity contribution in [2.45, 2.75) is 18.9 Å². The molecule has 36 heavy (non-hydrogen) atoms. The number of hydrogen-bond donors (Lipinski definition) is 1. The van der Waals surface area contributed by atoms with Gasteiger partial charge in [-0.2, -0.15) is 31.4 Å². The molecule has 0 fully saturated rings. The molecule has 14 heteroatoms. The van der Waals surface area contributed by atoms with Gasteiger partial charge in [-0.25, -0.2) is 9.37 Å². The van der Waals surface area contributed by atoms with E-state index in [1.54, 1.807) is 0 Å². The molecule has 0 atom stereocenters. The van der Waals surface area contributed by atoms with E-state index in [4.69, 9.17) is 23.2 Å². The summed E-state index contributed by atoms with van der Waals surface area (Å²) >= 11 is 11.9. The maximum Gasteiger partial charge on any atom is 0.437 e. The fourth-order valence-electron chi connectivity index (χ4n) is 3.35. The molecule has 0 saturated carbocycles. The molecule has 0 unspecified atom stereocenters. The average molecular weight is 551 g/mol. The zero-order chi connectivity index (χ0) is 26.4. The van der Waals surface area contributed by atoms with Gasteiger partial charge in [0.1, 0.15) is 11.5 Å². The van der Waals surface area contributed by atoms with Crippen LogP contribution in [0.25, 0.3) is 10.9 Å². The molecule has 2 aromatic carbocycles. The second-order valence-corrected chi connectivity index (χ2v) is 8.35. The summed E-state index contributed by atoms with van der Waals surface area (Å²) in [6, 6.07) is 7.50. The van der Waals surface area contributed by atoms with Gasteiger partial charge >= 0.3 is 12.4 Å². The van der Waals surface area contributed by atoms with Crippen LogP contribution in [-0.2, 0) is 18.9 Å². The van der Waals surface area contributed by atoms with E-state index in [9.17, 15) is 35.5 Å². The predicted molar refractivity (Wildman–Crippen MR) is 117 cm³/mol. The number of alkyl halides is 6. The Morgan fingerprint density at radius 3 is 2.25 bits per heavy atom. The molecule has 5 nitrogen and oxygen atoms in total. The molecule has 4 aromatic rings. The number of pyridine rings is 1. The Bertz CT molecular complexity index is 1460. The maximum absolute atomic E-state index is 13.6. The summed E-state index contributed by atoms with van der Waals surface area (Å²) in [6.07, 6.45) is -9.14. The Morgan fingerprint density at radius 2 is 1.64 bits per heavy atom. The van der Waals surface area contributed by atoms with Gasteiger partial charge in [0.05, 0.1) is 28.3 Å². The van der Waals surface area contributed by atoms with Gasteiger partial charge in [-0.05, 0) is 35.9 Å². The largest absolute Gasteiger partial charge is 0.437 e. The number of nitrogens with one attached hydrogen (secondary N) is 1. The minimum absolute atomic E-state index is 0.0359. The zero-order valence-corrected chi connectivity index (χ0v) is 19.0. The quantitative estimate of drug-likeness (QED) is 0.273. The summed E-state index contributed by atoms with van der Waals surface area (Å²) in [5, 5.41) is 4.89. The minimum Gasteiger partial charge on any atom is -0.319 e. The Hall–Kier alpha value is -3.38. The van der Waals surface area contributed by atoms with Crippen LogP contribution in [-0.4, -0.2) is 20.7 Å². The van der Waals surface area contributed by atoms with Gasteiger partial charge < -0.3 is 5.32 Å². The topological polar surface area (TPSA) is 59.8 Å². The number of amides is 1. The van der Waals surface area contributed by atoms with Crippen molar-refractivity contribution in [3.05, 3.63) is 87.0 Å². The lowest BCUT2D eigenvalue weighted by Crippen LogP contribution is -2.18. The number of carbonyl (C=O) groups is 1. The highest BCUT2D eigenvalue weighted by molar-refractivity contribution is 6.39. The lowest BCUT2D eigenvalue weighted by atomic mass is 10.1. The van der Waals surface area contributed by atoms with Crippen LogP contribution in [0.5, 0.6) is 0 Å². The number of rotatable bonds is 4. The van der Waals surface area contributed by atoms with E-state index in [0.717, 1.165) is 35.1 Å². The summed E-state index contributed by atoms with van der Waals surface area (Å²) in [5.74, 6) is -1.86. The molecule has 0 bridgehead atoms. The summed E-state index contributed by atoms with van der Waals surface area (Å²) < 4.78 is 95.0. The number of hydrogen-bond acceptors (Lipinski definition) is 3. The molecule has 0 spiro atoms. The van der Waals surface area contributed by atoms with Gasteiger partial charge in [0.25, 0.3) is 5.91 Å². The van der Waals surface area contributed by atoms with Crippen LogP contribution in [0, 0.1) is 5.82 Å². The summed E-state index contributed by atoms with van der Waals surface area (Å²) in [6.45, 7) is -0.207. The lowest BCUT2D eigenvalue weighted by molar-refractivity contribution is -0.141. The van der Waals surface area contributed by atoms with E-state index >= 15 is 0 Å². The van der Waals surface area contributed by atoms with Crippen LogP contribution in [0.2, 0.25) is 10.0 Å². The SMILES string of the molecule is O=C(Nc1cn(Cc2ccc(F)cc2)nc1C(F)(F)F)c1cc(C(F)(F)F)nc2c(Cl)cc(Cl)cc12. The third-order valence-electron chi connectivity index (χ3n) is 4.90. The van der Waals surface area contributed by atoms with Crippen molar-refractivity contribution in [3.8, 4) is 0 Å². The van der Waals surface area contributed by atoms with E-state index in [1.807, 2.05) is 5.32 Å². The van der Waals surface area contributed by atoms with Gasteiger partial charge in [-0.1, -0.05) is 35.3 Å². The number of aromatic nitrogens is 3. The van der Waals surface area contributed by atoms with E-state index < -0.39 is 52.2 Å². The Kier molecular flexibility index (Phi) is 6.60. The van der Waals surface area contributed by atoms with Crippen molar-refractivity contribution in [1.29, 1.82) is 0 Å². The van der Waals surface area contributed by atoms with Crippen molar-refractivity contribution in [2.24, 2.45) is 0 Å². The first kappa shape index (κ1) is 25.7. The fourth-order valence-corrected chi connectivity index (χ4v) is 3.89. The van der Waals surface area contributed by atoms with Crippen LogP contribution < -0.4 is 5.32 Å². The normalized spacial score (nSPS) is 12.2. The van der Waals surface area contributed by atoms with Crippen LogP contribution in [0.15, 0.2) is 48.7 Å². The Labute approximate surface area is 207 Å². The number of nitrogens with zero attached hydrogens (tertiary/aromatic N) is 3. The van der Waals surface area contributed by atoms with Crippen LogP contribution in [0.4, 0.5) is 36.4 Å². The van der Waals surface area contributed by atoms with Crippen LogP contribution in [0.3, 0.4) is 0 Å². The molecule has 0 radical (unpaired) electrons. The second kappa shape index (κ2) is 9.25. The molecule has 1 N–H and O–H groups in total. The standard InChI is InChI=1S/C22H11Cl2F7N4O/c23-11-5-13-14(7-17(21(26,27)28)33-18(13)15(24)6-11)20(36)32-16-9-35(34-19(16)22(29,30)31)8-10-1-3-12(25)4-2-10/h1-7,9H,8H2,(H,32,36). The smallest absolute Gasteiger partial charge is 0.319 e. The molecular formula is C22H11Cl2F7N4O. The number of carbonyl (C=O) groups excluding carboxylic acids is 1. The van der Waals surface area contributed by atoms with Gasteiger partial charge in [0.15, 0.2) is 5.69 Å². The zero-order valence-electron chi connectivity index (χ0n) is 17.5. The van der Waals surface area contributed by atoms with Gasteiger partial charge in [-0.3, -0.25) is 9.48 Å². The minimum atomic E-state index is -5.01. The van der Waals surface area contributed by atoms with Crippen LogP contribution >= 0.6 is 23.2 Å². The molecule has 0 aliphatic carbocycles. The van der Waals surface area contributed by atoms with Gasteiger partial charge in [0, 0.05) is 16.6 Å². The molecule has 4 rings (SSSR count). The van der Waals surface area contributed by atoms with Crippen molar-refractivity contribution in [3.63, 3.8) is 0 Å². The highest BCUT2D eigenvalue weighted by Gasteiger charge is 2.39. The second-order valence-electron chi connectivity index (χ2n) is 7.50. The third kappa shape index (κ3) is 5.39. The first-order valence-electron chi connectivity index (χ1n) is 9.80. The summed E-state index contributed by atoms with van der Waals surface area (Å²) in [5.41, 5.74) is -4.43. The summed E-state index contributed by atoms with van der Waals surface area (Å²) in [4.78, 5) is 16.4. The van der Waals surface area contributed by atoms with Crippen molar-refractivity contribution < 1.29 is 35.5 Å². The van der Waals surface area contributed by atoms with E-state index in [0.29, 0.717) is 11.6 Å². The molecule has 0 saturated heterocycles. The highest BCUT2D eigenvalue weighted by Crippen LogP contribution is 2.37. The molecule has 0 aliphatic rings. The van der Waals surface area contributed by atoms with Gasteiger partial charge in [0.2, 0.25) is 0 Å². The molecule has 188 valence electrons.